The second-order valence-electron chi connectivity index (χ2n) is 5.18. The molecule has 0 amide bonds. The molecule has 0 bridgehead atoms. The van der Waals surface area contributed by atoms with Gasteiger partial charge in [-0.2, -0.15) is 0 Å². The Hall–Kier alpha value is -2.56. The summed E-state index contributed by atoms with van der Waals surface area (Å²) in [7, 11) is 0. The quantitative estimate of drug-likeness (QED) is 0.710. The predicted molar refractivity (Wildman–Crippen MR) is 87.0 cm³/mol. The van der Waals surface area contributed by atoms with Gasteiger partial charge in [0.25, 0.3) is 0 Å². The second kappa shape index (κ2) is 8.78. The molecule has 1 aromatic carbocycles. The van der Waals surface area contributed by atoms with Gasteiger partial charge in [0, 0.05) is 12.3 Å². The standard InChI is InChI=1S/C18H21NO4/c1-2-3-4-11-22-16-8-5-14(6-9-16)13-23-17-10-7-15(12-19-17)18(20)21/h5-10,12H,2-4,11,13H2,1H3,(H,20,21). The molecule has 5 nitrogen and oxygen atoms in total. The zero-order valence-electron chi connectivity index (χ0n) is 13.2. The van der Waals surface area contributed by atoms with Crippen molar-refractivity contribution in [3.8, 4) is 11.6 Å². The first-order chi connectivity index (χ1) is 11.2. The lowest BCUT2D eigenvalue weighted by Crippen LogP contribution is -2.01. The van der Waals surface area contributed by atoms with Gasteiger partial charge in [0.15, 0.2) is 0 Å². The van der Waals surface area contributed by atoms with Gasteiger partial charge in [-0.3, -0.25) is 0 Å². The molecule has 122 valence electrons. The Morgan fingerprint density at radius 1 is 1.09 bits per heavy atom. The number of aromatic carboxylic acids is 1. The molecule has 5 heteroatoms. The largest absolute Gasteiger partial charge is 0.494 e. The fraction of sp³-hybridized carbons (Fsp3) is 0.333. The van der Waals surface area contributed by atoms with E-state index in [1.54, 1.807) is 6.07 Å². The Morgan fingerprint density at radius 2 is 1.87 bits per heavy atom. The van der Waals surface area contributed by atoms with Crippen LogP contribution < -0.4 is 9.47 Å². The number of pyridine rings is 1. The average molecular weight is 315 g/mol. The monoisotopic (exact) mass is 315 g/mol. The Labute approximate surface area is 135 Å². The van der Waals surface area contributed by atoms with Crippen LogP contribution in [-0.4, -0.2) is 22.7 Å². The van der Waals surface area contributed by atoms with Crippen molar-refractivity contribution in [1.29, 1.82) is 0 Å². The SMILES string of the molecule is CCCCCOc1ccc(COc2ccc(C(=O)O)cn2)cc1. The van der Waals surface area contributed by atoms with Gasteiger partial charge < -0.3 is 14.6 Å². The first-order valence-corrected chi connectivity index (χ1v) is 7.73. The summed E-state index contributed by atoms with van der Waals surface area (Å²) in [6.45, 7) is 3.28. The number of aromatic nitrogens is 1. The number of nitrogens with zero attached hydrogens (tertiary/aromatic N) is 1. The van der Waals surface area contributed by atoms with Crippen LogP contribution in [0.2, 0.25) is 0 Å². The van der Waals surface area contributed by atoms with E-state index in [1.165, 1.54) is 25.1 Å². The molecule has 0 aliphatic heterocycles. The fourth-order valence-corrected chi connectivity index (χ4v) is 1.97. The molecule has 0 atom stereocenters. The van der Waals surface area contributed by atoms with Crippen molar-refractivity contribution in [3.63, 3.8) is 0 Å². The maximum absolute atomic E-state index is 10.7. The van der Waals surface area contributed by atoms with Gasteiger partial charge in [0.2, 0.25) is 5.88 Å². The normalized spacial score (nSPS) is 10.3. The number of hydrogen-bond donors (Lipinski definition) is 1. The van der Waals surface area contributed by atoms with Gasteiger partial charge >= 0.3 is 5.97 Å². The average Bonchev–Trinajstić information content (AvgIpc) is 2.58. The molecule has 2 aromatic rings. The summed E-state index contributed by atoms with van der Waals surface area (Å²) in [4.78, 5) is 14.7. The first kappa shape index (κ1) is 16.8. The van der Waals surface area contributed by atoms with E-state index in [0.29, 0.717) is 12.5 Å². The summed E-state index contributed by atoms with van der Waals surface area (Å²) in [6, 6.07) is 10.8. The maximum atomic E-state index is 10.7. The summed E-state index contributed by atoms with van der Waals surface area (Å²) >= 11 is 0. The van der Waals surface area contributed by atoms with Crippen LogP contribution in [0.3, 0.4) is 0 Å². The third-order valence-electron chi connectivity index (χ3n) is 3.31. The molecule has 1 N–H and O–H groups in total. The van der Waals surface area contributed by atoms with E-state index < -0.39 is 5.97 Å². The molecule has 0 aliphatic carbocycles. The Kier molecular flexibility index (Phi) is 6.41. The number of ether oxygens (including phenoxy) is 2. The number of unbranched alkanes of at least 4 members (excludes halogenated alkanes) is 2. The van der Waals surface area contributed by atoms with E-state index >= 15 is 0 Å². The van der Waals surface area contributed by atoms with Crippen LogP contribution in [0.4, 0.5) is 0 Å². The molecular formula is C18H21NO4. The minimum Gasteiger partial charge on any atom is -0.494 e. The van der Waals surface area contributed by atoms with Crippen LogP contribution in [0.1, 0.15) is 42.1 Å². The highest BCUT2D eigenvalue weighted by molar-refractivity contribution is 5.87. The summed E-state index contributed by atoms with van der Waals surface area (Å²) in [5.41, 5.74) is 1.14. The molecule has 2 rings (SSSR count). The highest BCUT2D eigenvalue weighted by Gasteiger charge is 2.04. The van der Waals surface area contributed by atoms with Crippen molar-refractivity contribution in [2.24, 2.45) is 0 Å². The Bertz CT molecular complexity index is 608. The summed E-state index contributed by atoms with van der Waals surface area (Å²) < 4.78 is 11.2. The number of carboxylic acid groups (broad SMARTS) is 1. The zero-order valence-corrected chi connectivity index (χ0v) is 13.2. The van der Waals surface area contributed by atoms with Crippen molar-refractivity contribution < 1.29 is 19.4 Å². The van der Waals surface area contributed by atoms with Crippen molar-refractivity contribution in [2.75, 3.05) is 6.61 Å². The highest BCUT2D eigenvalue weighted by Crippen LogP contribution is 2.15. The van der Waals surface area contributed by atoms with Gasteiger partial charge in [0.1, 0.15) is 12.4 Å². The van der Waals surface area contributed by atoms with E-state index in [2.05, 4.69) is 11.9 Å². The molecule has 0 unspecified atom stereocenters. The van der Waals surface area contributed by atoms with Crippen molar-refractivity contribution in [3.05, 3.63) is 53.7 Å². The fourth-order valence-electron chi connectivity index (χ4n) is 1.97. The zero-order chi connectivity index (χ0) is 16.5. The Morgan fingerprint density at radius 3 is 2.48 bits per heavy atom. The third-order valence-corrected chi connectivity index (χ3v) is 3.31. The molecule has 0 aliphatic rings. The lowest BCUT2D eigenvalue weighted by molar-refractivity contribution is 0.0696. The molecule has 0 spiro atoms. The number of benzene rings is 1. The van der Waals surface area contributed by atoms with Crippen LogP contribution in [-0.2, 0) is 6.61 Å². The first-order valence-electron chi connectivity index (χ1n) is 7.73. The van der Waals surface area contributed by atoms with Crippen molar-refractivity contribution in [1.82, 2.24) is 4.98 Å². The molecule has 1 heterocycles. The van der Waals surface area contributed by atoms with Gasteiger partial charge in [-0.1, -0.05) is 31.9 Å². The minimum absolute atomic E-state index is 0.141. The third kappa shape index (κ3) is 5.62. The predicted octanol–water partition coefficient (Wildman–Crippen LogP) is 3.93. The van der Waals surface area contributed by atoms with E-state index in [1.807, 2.05) is 24.3 Å². The second-order valence-corrected chi connectivity index (χ2v) is 5.18. The van der Waals surface area contributed by atoms with E-state index in [4.69, 9.17) is 14.6 Å². The van der Waals surface area contributed by atoms with Crippen LogP contribution in [0.5, 0.6) is 11.6 Å². The van der Waals surface area contributed by atoms with Crippen LogP contribution in [0, 0.1) is 0 Å². The number of rotatable bonds is 9. The number of hydrogen-bond acceptors (Lipinski definition) is 4. The Balaban J connectivity index is 1.80. The summed E-state index contributed by atoms with van der Waals surface area (Å²) in [5, 5.41) is 8.81. The smallest absolute Gasteiger partial charge is 0.337 e. The van der Waals surface area contributed by atoms with E-state index in [9.17, 15) is 4.79 Å². The van der Waals surface area contributed by atoms with E-state index in [-0.39, 0.29) is 5.56 Å². The van der Waals surface area contributed by atoms with Crippen molar-refractivity contribution in [2.45, 2.75) is 32.8 Å². The lowest BCUT2D eigenvalue weighted by atomic mass is 10.2. The van der Waals surface area contributed by atoms with Gasteiger partial charge in [0.05, 0.1) is 12.2 Å². The van der Waals surface area contributed by atoms with Crippen LogP contribution in [0.15, 0.2) is 42.6 Å². The molecular weight excluding hydrogens is 294 g/mol. The molecule has 0 saturated carbocycles. The van der Waals surface area contributed by atoms with Gasteiger partial charge in [-0.25, -0.2) is 9.78 Å². The molecule has 0 radical (unpaired) electrons. The molecule has 1 aromatic heterocycles. The summed E-state index contributed by atoms with van der Waals surface area (Å²) in [6.07, 6.45) is 4.71. The molecule has 0 fully saturated rings. The summed E-state index contributed by atoms with van der Waals surface area (Å²) in [5.74, 6) is 0.252. The maximum Gasteiger partial charge on any atom is 0.337 e. The topological polar surface area (TPSA) is 68.7 Å². The highest BCUT2D eigenvalue weighted by atomic mass is 16.5. The van der Waals surface area contributed by atoms with E-state index in [0.717, 1.165) is 24.3 Å². The van der Waals surface area contributed by atoms with Crippen molar-refractivity contribution >= 4 is 5.97 Å². The van der Waals surface area contributed by atoms with Crippen LogP contribution >= 0.6 is 0 Å². The van der Waals surface area contributed by atoms with Gasteiger partial charge in [-0.05, 0) is 30.2 Å². The molecule has 0 saturated heterocycles. The number of carbonyl (C=O) groups is 1. The lowest BCUT2D eigenvalue weighted by Gasteiger charge is -2.08. The minimum atomic E-state index is -1.00. The van der Waals surface area contributed by atoms with Gasteiger partial charge in [-0.15, -0.1) is 0 Å². The molecule has 23 heavy (non-hydrogen) atoms. The van der Waals surface area contributed by atoms with Crippen LogP contribution in [0.25, 0.3) is 0 Å². The number of carboxylic acids is 1.